The Kier molecular flexibility index (Phi) is 5.29. The van der Waals surface area contributed by atoms with Crippen molar-refractivity contribution < 1.29 is 4.79 Å². The Labute approximate surface area is 128 Å². The van der Waals surface area contributed by atoms with E-state index < -0.39 is 0 Å². The number of rotatable bonds is 4. The van der Waals surface area contributed by atoms with Gasteiger partial charge in [0.15, 0.2) is 0 Å². The molecule has 1 aromatic heterocycles. The largest absolute Gasteiger partial charge is 0.335 e. The molecular formula is C12H15BrINOS. The van der Waals surface area contributed by atoms with Crippen molar-refractivity contribution in [1.82, 2.24) is 4.90 Å². The molecule has 0 unspecified atom stereocenters. The quantitative estimate of drug-likeness (QED) is 0.522. The third kappa shape index (κ3) is 3.44. The second kappa shape index (κ2) is 6.52. The number of nitrogens with zero attached hydrogens (tertiary/aromatic N) is 1. The second-order valence-corrected chi connectivity index (χ2v) is 7.86. The molecule has 5 heteroatoms. The lowest BCUT2D eigenvalue weighted by atomic mass is 10.2. The minimum absolute atomic E-state index is 0.204. The predicted molar refractivity (Wildman–Crippen MR) is 84.1 cm³/mol. The molecule has 1 aliphatic rings. The third-order valence-electron chi connectivity index (χ3n) is 3.17. The average molecular weight is 428 g/mol. The summed E-state index contributed by atoms with van der Waals surface area (Å²) in [4.78, 5) is 14.5. The van der Waals surface area contributed by atoms with E-state index in [0.29, 0.717) is 6.04 Å². The van der Waals surface area contributed by atoms with Crippen molar-refractivity contribution in [2.45, 2.75) is 31.7 Å². The fourth-order valence-electron chi connectivity index (χ4n) is 2.34. The minimum Gasteiger partial charge on any atom is -0.335 e. The van der Waals surface area contributed by atoms with Crippen LogP contribution in [0.15, 0.2) is 11.4 Å². The van der Waals surface area contributed by atoms with E-state index in [1.165, 1.54) is 28.6 Å². The summed E-state index contributed by atoms with van der Waals surface area (Å²) in [6.07, 6.45) is 4.86. The fraction of sp³-hybridized carbons (Fsp3) is 0.583. The summed E-state index contributed by atoms with van der Waals surface area (Å²) in [5.74, 6) is 0.204. The predicted octanol–water partition coefficient (Wildman–Crippen LogP) is 4.13. The van der Waals surface area contributed by atoms with Crippen LogP contribution in [-0.4, -0.2) is 28.7 Å². The number of carbonyl (C=O) groups excluding carboxylic acids is 1. The molecule has 0 N–H and O–H groups in total. The van der Waals surface area contributed by atoms with Gasteiger partial charge in [-0.05, 0) is 41.5 Å². The molecule has 1 fully saturated rings. The molecule has 0 radical (unpaired) electrons. The van der Waals surface area contributed by atoms with E-state index in [1.807, 2.05) is 11.4 Å². The van der Waals surface area contributed by atoms with E-state index in [9.17, 15) is 4.79 Å². The molecule has 17 heavy (non-hydrogen) atoms. The summed E-state index contributed by atoms with van der Waals surface area (Å²) in [7, 11) is 0. The Morgan fingerprint density at radius 3 is 2.76 bits per heavy atom. The lowest BCUT2D eigenvalue weighted by molar-refractivity contribution is 0.0697. The van der Waals surface area contributed by atoms with Gasteiger partial charge in [-0.1, -0.05) is 28.8 Å². The van der Waals surface area contributed by atoms with Crippen molar-refractivity contribution in [2.24, 2.45) is 0 Å². The zero-order valence-corrected chi connectivity index (χ0v) is 14.1. The van der Waals surface area contributed by atoms with Crippen molar-refractivity contribution >= 4 is 55.8 Å². The lowest BCUT2D eigenvalue weighted by Crippen LogP contribution is -2.39. The van der Waals surface area contributed by atoms with Crippen LogP contribution in [0.3, 0.4) is 0 Å². The molecule has 0 bridgehead atoms. The molecule has 0 spiro atoms. The minimum atomic E-state index is 0.204. The molecule has 1 aromatic rings. The van der Waals surface area contributed by atoms with Gasteiger partial charge >= 0.3 is 0 Å². The SMILES string of the molecule is O=C(c1csc(I)c1)N(CCBr)C1CCCC1. The number of carbonyl (C=O) groups is 1. The van der Waals surface area contributed by atoms with Crippen LogP contribution in [-0.2, 0) is 0 Å². The van der Waals surface area contributed by atoms with E-state index in [1.54, 1.807) is 11.3 Å². The lowest BCUT2D eigenvalue weighted by Gasteiger charge is -2.28. The maximum atomic E-state index is 12.4. The molecule has 0 saturated heterocycles. The molecule has 1 heterocycles. The van der Waals surface area contributed by atoms with Crippen LogP contribution < -0.4 is 0 Å². The summed E-state index contributed by atoms with van der Waals surface area (Å²) < 4.78 is 1.18. The number of alkyl halides is 1. The number of thiophene rings is 1. The van der Waals surface area contributed by atoms with Gasteiger partial charge in [-0.3, -0.25) is 4.79 Å². The van der Waals surface area contributed by atoms with Crippen molar-refractivity contribution in [1.29, 1.82) is 0 Å². The van der Waals surface area contributed by atoms with E-state index in [4.69, 9.17) is 0 Å². The average Bonchev–Trinajstić information content (AvgIpc) is 2.95. The molecule has 0 aromatic carbocycles. The van der Waals surface area contributed by atoms with Gasteiger partial charge in [0.2, 0.25) is 0 Å². The summed E-state index contributed by atoms with van der Waals surface area (Å²) in [6, 6.07) is 2.45. The van der Waals surface area contributed by atoms with Gasteiger partial charge in [0.1, 0.15) is 0 Å². The van der Waals surface area contributed by atoms with Gasteiger partial charge in [0.25, 0.3) is 5.91 Å². The molecule has 94 valence electrons. The highest BCUT2D eigenvalue weighted by molar-refractivity contribution is 14.1. The van der Waals surface area contributed by atoms with Crippen LogP contribution in [0.5, 0.6) is 0 Å². The normalized spacial score (nSPS) is 16.4. The van der Waals surface area contributed by atoms with Gasteiger partial charge in [0, 0.05) is 23.3 Å². The van der Waals surface area contributed by atoms with Crippen molar-refractivity contribution in [3.8, 4) is 0 Å². The van der Waals surface area contributed by atoms with E-state index in [2.05, 4.69) is 43.4 Å². The van der Waals surface area contributed by atoms with E-state index in [-0.39, 0.29) is 5.91 Å². The highest BCUT2D eigenvalue weighted by Gasteiger charge is 2.27. The van der Waals surface area contributed by atoms with Crippen molar-refractivity contribution in [2.75, 3.05) is 11.9 Å². The summed E-state index contributed by atoms with van der Waals surface area (Å²) in [6.45, 7) is 0.815. The monoisotopic (exact) mass is 427 g/mol. The van der Waals surface area contributed by atoms with Crippen LogP contribution in [0.1, 0.15) is 36.0 Å². The highest BCUT2D eigenvalue weighted by Crippen LogP contribution is 2.26. The standard InChI is InChI=1S/C12H15BrINOS/c13-5-6-15(10-3-1-2-4-10)12(16)9-7-11(14)17-8-9/h7-8,10H,1-6H2. The Morgan fingerprint density at radius 2 is 2.24 bits per heavy atom. The maximum Gasteiger partial charge on any atom is 0.255 e. The Hall–Kier alpha value is 0.380. The molecule has 0 atom stereocenters. The number of halogens is 2. The van der Waals surface area contributed by atoms with Crippen LogP contribution in [0.4, 0.5) is 0 Å². The number of amides is 1. The third-order valence-corrected chi connectivity index (χ3v) is 5.31. The first kappa shape index (κ1) is 13.8. The van der Waals surface area contributed by atoms with Crippen LogP contribution in [0.25, 0.3) is 0 Å². The molecular weight excluding hydrogens is 413 g/mol. The zero-order valence-electron chi connectivity index (χ0n) is 9.49. The maximum absolute atomic E-state index is 12.4. The fourth-order valence-corrected chi connectivity index (χ4v) is 4.05. The van der Waals surface area contributed by atoms with Crippen LogP contribution in [0.2, 0.25) is 0 Å². The second-order valence-electron chi connectivity index (χ2n) is 4.27. The smallest absolute Gasteiger partial charge is 0.255 e. The van der Waals surface area contributed by atoms with Gasteiger partial charge in [-0.2, -0.15) is 0 Å². The number of hydrogen-bond acceptors (Lipinski definition) is 2. The van der Waals surface area contributed by atoms with E-state index >= 15 is 0 Å². The molecule has 1 aliphatic carbocycles. The molecule has 1 amide bonds. The topological polar surface area (TPSA) is 20.3 Å². The first-order valence-corrected chi connectivity index (χ1v) is 8.91. The Balaban J connectivity index is 2.12. The molecule has 1 saturated carbocycles. The van der Waals surface area contributed by atoms with Crippen LogP contribution >= 0.6 is 49.9 Å². The van der Waals surface area contributed by atoms with Crippen molar-refractivity contribution in [3.05, 3.63) is 19.9 Å². The number of hydrogen-bond donors (Lipinski definition) is 0. The first-order chi connectivity index (χ1) is 8.22. The Morgan fingerprint density at radius 1 is 1.53 bits per heavy atom. The van der Waals surface area contributed by atoms with Crippen molar-refractivity contribution in [3.63, 3.8) is 0 Å². The van der Waals surface area contributed by atoms with Gasteiger partial charge in [-0.25, -0.2) is 0 Å². The molecule has 2 nitrogen and oxygen atoms in total. The highest BCUT2D eigenvalue weighted by atomic mass is 127. The van der Waals surface area contributed by atoms with Gasteiger partial charge < -0.3 is 4.90 Å². The summed E-state index contributed by atoms with van der Waals surface area (Å²) in [5.41, 5.74) is 0.854. The van der Waals surface area contributed by atoms with E-state index in [0.717, 1.165) is 17.4 Å². The Bertz CT molecular complexity index is 390. The van der Waals surface area contributed by atoms with Crippen LogP contribution in [0, 0.1) is 2.88 Å². The molecule has 2 rings (SSSR count). The molecule has 0 aliphatic heterocycles. The van der Waals surface area contributed by atoms with Gasteiger partial charge in [-0.15, -0.1) is 11.3 Å². The first-order valence-electron chi connectivity index (χ1n) is 5.83. The summed E-state index contributed by atoms with van der Waals surface area (Å²) in [5, 5.41) is 2.83. The summed E-state index contributed by atoms with van der Waals surface area (Å²) >= 11 is 7.35. The zero-order chi connectivity index (χ0) is 12.3. The van der Waals surface area contributed by atoms with Gasteiger partial charge in [0.05, 0.1) is 8.45 Å².